The predicted molar refractivity (Wildman–Crippen MR) is 77.6 cm³/mol. The second-order valence-corrected chi connectivity index (χ2v) is 5.51. The number of carbonyl (C=O) groups is 2. The minimum absolute atomic E-state index is 0.130. The number of aromatic nitrogens is 2. The van der Waals surface area contributed by atoms with Gasteiger partial charge in [0.15, 0.2) is 5.16 Å². The van der Waals surface area contributed by atoms with Crippen LogP contribution in [0.1, 0.15) is 10.4 Å². The van der Waals surface area contributed by atoms with Gasteiger partial charge in [0.25, 0.3) is 17.2 Å². The number of fused-ring (bicyclic) bond motifs is 1. The van der Waals surface area contributed by atoms with Crippen LogP contribution in [-0.4, -0.2) is 28.7 Å². The molecule has 0 spiro atoms. The van der Waals surface area contributed by atoms with Crippen molar-refractivity contribution >= 4 is 35.0 Å². The number of likely N-dealkylation sites (N-methyl/N-ethyl adjacent to an activating group) is 1. The van der Waals surface area contributed by atoms with Crippen LogP contribution in [0.25, 0.3) is 0 Å². The molecular formula is C13H10N4O3S. The first-order chi connectivity index (χ1) is 9.95. The number of ketones is 1. The molecule has 2 heterocycles. The fraction of sp³-hybridized carbons (Fsp3) is 0.0769. The van der Waals surface area contributed by atoms with Crippen molar-refractivity contribution in [3.8, 4) is 0 Å². The smallest absolute Gasteiger partial charge is 0.299 e. The Balaban J connectivity index is 1.97. The predicted octanol–water partition coefficient (Wildman–Crippen LogP) is 0.662. The van der Waals surface area contributed by atoms with E-state index in [1.807, 2.05) is 0 Å². The van der Waals surface area contributed by atoms with Crippen LogP contribution in [0, 0.1) is 0 Å². The van der Waals surface area contributed by atoms with E-state index in [0.717, 1.165) is 4.90 Å². The summed E-state index contributed by atoms with van der Waals surface area (Å²) < 4.78 is 0. The minimum Gasteiger partial charge on any atom is -0.383 e. The van der Waals surface area contributed by atoms with Crippen LogP contribution in [0.3, 0.4) is 0 Å². The Kier molecular flexibility index (Phi) is 3.02. The van der Waals surface area contributed by atoms with Crippen molar-refractivity contribution in [3.05, 3.63) is 40.2 Å². The first-order valence-corrected chi connectivity index (χ1v) is 6.78. The number of nitrogens with zero attached hydrogens (tertiary/aromatic N) is 2. The zero-order chi connectivity index (χ0) is 15.1. The third-order valence-corrected chi connectivity index (χ3v) is 3.90. The van der Waals surface area contributed by atoms with Gasteiger partial charge in [-0.15, -0.1) is 0 Å². The summed E-state index contributed by atoms with van der Waals surface area (Å²) in [7, 11) is 1.54. The number of nitrogens with two attached hydrogens (primary N) is 1. The van der Waals surface area contributed by atoms with Crippen LogP contribution < -0.4 is 16.2 Å². The van der Waals surface area contributed by atoms with E-state index in [-0.39, 0.29) is 11.4 Å². The number of hydrogen-bond donors (Lipinski definition) is 2. The van der Waals surface area contributed by atoms with Gasteiger partial charge >= 0.3 is 0 Å². The van der Waals surface area contributed by atoms with E-state index in [1.54, 1.807) is 25.2 Å². The van der Waals surface area contributed by atoms with E-state index in [0.29, 0.717) is 16.4 Å². The maximum atomic E-state index is 11.7. The van der Waals surface area contributed by atoms with Gasteiger partial charge in [-0.3, -0.25) is 14.4 Å². The SMILES string of the molecule is CN1C(=O)C(=O)c2ccc(Sc3nc(N)cc(=O)[nH]3)cc21. The second-order valence-electron chi connectivity index (χ2n) is 4.45. The molecule has 2 aromatic rings. The van der Waals surface area contributed by atoms with Crippen molar-refractivity contribution in [1.29, 1.82) is 0 Å². The monoisotopic (exact) mass is 302 g/mol. The summed E-state index contributed by atoms with van der Waals surface area (Å²) in [6, 6.07) is 6.17. The molecule has 1 aliphatic heterocycles. The highest BCUT2D eigenvalue weighted by Crippen LogP contribution is 2.33. The van der Waals surface area contributed by atoms with Gasteiger partial charge in [-0.2, -0.15) is 0 Å². The number of rotatable bonds is 2. The Morgan fingerprint density at radius 1 is 1.24 bits per heavy atom. The van der Waals surface area contributed by atoms with E-state index in [1.165, 1.54) is 22.7 Å². The van der Waals surface area contributed by atoms with Crippen molar-refractivity contribution < 1.29 is 9.59 Å². The molecule has 1 aromatic heterocycles. The topological polar surface area (TPSA) is 109 Å². The third-order valence-electron chi connectivity index (χ3n) is 3.03. The fourth-order valence-corrected chi connectivity index (χ4v) is 2.87. The molecule has 7 nitrogen and oxygen atoms in total. The summed E-state index contributed by atoms with van der Waals surface area (Å²) in [4.78, 5) is 43.3. The summed E-state index contributed by atoms with van der Waals surface area (Å²) in [6.07, 6.45) is 0. The highest BCUT2D eigenvalue weighted by molar-refractivity contribution is 7.99. The molecular weight excluding hydrogens is 292 g/mol. The van der Waals surface area contributed by atoms with Gasteiger partial charge in [0.1, 0.15) is 5.82 Å². The molecule has 3 N–H and O–H groups in total. The molecule has 0 radical (unpaired) electrons. The van der Waals surface area contributed by atoms with Gasteiger partial charge in [-0.1, -0.05) is 11.8 Å². The van der Waals surface area contributed by atoms with Crippen molar-refractivity contribution in [2.45, 2.75) is 10.1 Å². The van der Waals surface area contributed by atoms with Gasteiger partial charge in [-0.05, 0) is 18.2 Å². The quantitative estimate of drug-likeness (QED) is 0.623. The number of anilines is 2. The zero-order valence-electron chi connectivity index (χ0n) is 10.9. The number of nitrogen functional groups attached to an aromatic ring is 1. The maximum absolute atomic E-state index is 11.7. The van der Waals surface area contributed by atoms with Crippen LogP contribution in [0.5, 0.6) is 0 Å². The van der Waals surface area contributed by atoms with E-state index in [4.69, 9.17) is 5.73 Å². The Bertz CT molecular complexity index is 830. The summed E-state index contributed by atoms with van der Waals surface area (Å²) >= 11 is 1.19. The van der Waals surface area contributed by atoms with Crippen molar-refractivity contribution in [2.75, 3.05) is 17.7 Å². The molecule has 0 atom stereocenters. The van der Waals surface area contributed by atoms with Crippen LogP contribution in [0.15, 0.2) is 39.1 Å². The average molecular weight is 302 g/mol. The zero-order valence-corrected chi connectivity index (χ0v) is 11.7. The molecule has 0 fully saturated rings. The molecule has 0 saturated heterocycles. The Morgan fingerprint density at radius 3 is 2.71 bits per heavy atom. The van der Waals surface area contributed by atoms with E-state index < -0.39 is 11.7 Å². The summed E-state index contributed by atoms with van der Waals surface area (Å²) in [5.41, 5.74) is 6.10. The van der Waals surface area contributed by atoms with Gasteiger partial charge in [0, 0.05) is 18.0 Å². The number of hydrogen-bond acceptors (Lipinski definition) is 6. The van der Waals surface area contributed by atoms with Crippen LogP contribution in [0.2, 0.25) is 0 Å². The molecule has 21 heavy (non-hydrogen) atoms. The second kappa shape index (κ2) is 4.74. The molecule has 106 valence electrons. The summed E-state index contributed by atoms with van der Waals surface area (Å²) in [5.74, 6) is -0.938. The highest BCUT2D eigenvalue weighted by Gasteiger charge is 2.33. The summed E-state index contributed by atoms with van der Waals surface area (Å²) in [6.45, 7) is 0. The third kappa shape index (κ3) is 2.29. The number of amides is 1. The maximum Gasteiger partial charge on any atom is 0.299 e. The molecule has 3 rings (SSSR count). The summed E-state index contributed by atoms with van der Waals surface area (Å²) in [5, 5.41) is 0.346. The van der Waals surface area contributed by atoms with Crippen LogP contribution >= 0.6 is 11.8 Å². The number of benzene rings is 1. The van der Waals surface area contributed by atoms with Crippen LogP contribution in [0.4, 0.5) is 11.5 Å². The minimum atomic E-state index is -0.553. The molecule has 1 aliphatic rings. The average Bonchev–Trinajstić information content (AvgIpc) is 2.63. The first kappa shape index (κ1) is 13.4. The van der Waals surface area contributed by atoms with Gasteiger partial charge in [0.05, 0.1) is 11.3 Å². The first-order valence-electron chi connectivity index (χ1n) is 5.97. The Labute approximate surface area is 123 Å². The van der Waals surface area contributed by atoms with E-state index >= 15 is 0 Å². The standard InChI is InChI=1S/C13H10N4O3S/c1-17-8-4-6(2-3-7(8)11(19)12(17)20)21-13-15-9(14)5-10(18)16-13/h2-5H,1H3,(H3,14,15,16,18). The molecule has 0 bridgehead atoms. The Morgan fingerprint density at radius 2 is 2.00 bits per heavy atom. The van der Waals surface area contributed by atoms with Gasteiger partial charge in [0.2, 0.25) is 0 Å². The van der Waals surface area contributed by atoms with Crippen molar-refractivity contribution in [2.24, 2.45) is 0 Å². The van der Waals surface area contributed by atoms with E-state index in [2.05, 4.69) is 9.97 Å². The molecule has 8 heteroatoms. The lowest BCUT2D eigenvalue weighted by atomic mass is 10.1. The number of Topliss-reactive ketones (excluding diaryl/α,β-unsaturated/α-hetero) is 1. The molecule has 0 aliphatic carbocycles. The molecule has 1 amide bonds. The molecule has 0 unspecified atom stereocenters. The lowest BCUT2D eigenvalue weighted by Crippen LogP contribution is -2.24. The lowest BCUT2D eigenvalue weighted by Gasteiger charge is -2.09. The lowest BCUT2D eigenvalue weighted by molar-refractivity contribution is -0.114. The highest BCUT2D eigenvalue weighted by atomic mass is 32.2. The fourth-order valence-electron chi connectivity index (χ4n) is 2.03. The number of carbonyl (C=O) groups excluding carboxylic acids is 2. The number of H-pyrrole nitrogens is 1. The Hall–Kier alpha value is -2.61. The number of nitrogens with one attached hydrogen (secondary N) is 1. The molecule has 1 aromatic carbocycles. The van der Waals surface area contributed by atoms with Gasteiger partial charge < -0.3 is 15.6 Å². The van der Waals surface area contributed by atoms with Gasteiger partial charge in [-0.25, -0.2) is 4.98 Å². The number of aromatic amines is 1. The van der Waals surface area contributed by atoms with E-state index in [9.17, 15) is 14.4 Å². The van der Waals surface area contributed by atoms with Crippen LogP contribution in [-0.2, 0) is 4.79 Å². The molecule has 0 saturated carbocycles. The normalized spacial score (nSPS) is 13.7. The van der Waals surface area contributed by atoms with Crippen molar-refractivity contribution in [3.63, 3.8) is 0 Å². The largest absolute Gasteiger partial charge is 0.383 e. The van der Waals surface area contributed by atoms with Crippen molar-refractivity contribution in [1.82, 2.24) is 9.97 Å².